The second-order valence-electron chi connectivity index (χ2n) is 3.37. The molecule has 1 aliphatic rings. The summed E-state index contributed by atoms with van der Waals surface area (Å²) in [5.41, 5.74) is 0. The lowest BCUT2D eigenvalue weighted by molar-refractivity contribution is -0.309. The number of rotatable bonds is 4. The molecule has 1 rings (SSSR count). The van der Waals surface area contributed by atoms with Crippen LogP contribution in [0.3, 0.4) is 0 Å². The standard InChI is InChI=1S/C6H13NO9S/c8-1-2-3(9)4(10)5(11)6(15-2)16-7-17(12,13)14/h2-11H,1H2,(H,12,13,14)/t2-,3-,4+,5-,6-/m1/s1. The Labute approximate surface area is 96.2 Å². The lowest BCUT2D eigenvalue weighted by atomic mass is 9.99. The minimum Gasteiger partial charge on any atom is -0.394 e. The summed E-state index contributed by atoms with van der Waals surface area (Å²) in [4.78, 5) is 5.44. The van der Waals surface area contributed by atoms with Gasteiger partial charge in [0.05, 0.1) is 6.61 Å². The van der Waals surface area contributed by atoms with Crippen LogP contribution >= 0.6 is 0 Å². The molecular formula is C6H13NO9S. The molecule has 0 amide bonds. The van der Waals surface area contributed by atoms with Crippen molar-refractivity contribution in [3.05, 3.63) is 0 Å². The molecule has 1 heterocycles. The van der Waals surface area contributed by atoms with Gasteiger partial charge in [-0.2, -0.15) is 8.42 Å². The van der Waals surface area contributed by atoms with Gasteiger partial charge in [-0.05, 0) is 0 Å². The Balaban J connectivity index is 2.66. The van der Waals surface area contributed by atoms with Crippen molar-refractivity contribution < 1.29 is 43.0 Å². The molecule has 0 aliphatic carbocycles. The zero-order valence-corrected chi connectivity index (χ0v) is 9.19. The molecule has 5 atom stereocenters. The van der Waals surface area contributed by atoms with Gasteiger partial charge in [-0.15, -0.1) is 0 Å². The van der Waals surface area contributed by atoms with Crippen LogP contribution in [0.25, 0.3) is 0 Å². The molecule has 10 nitrogen and oxygen atoms in total. The fourth-order valence-corrected chi connectivity index (χ4v) is 1.49. The van der Waals surface area contributed by atoms with Crippen LogP contribution in [0.2, 0.25) is 0 Å². The van der Waals surface area contributed by atoms with Gasteiger partial charge in [-0.1, -0.05) is 4.89 Å². The smallest absolute Gasteiger partial charge is 0.355 e. The Morgan fingerprint density at radius 2 is 1.76 bits per heavy atom. The summed E-state index contributed by atoms with van der Waals surface area (Å²) >= 11 is 0. The first-order chi connectivity index (χ1) is 7.76. The first-order valence-electron chi connectivity index (χ1n) is 4.46. The van der Waals surface area contributed by atoms with E-state index in [0.717, 1.165) is 0 Å². The number of aliphatic hydroxyl groups is 4. The van der Waals surface area contributed by atoms with Crippen molar-refractivity contribution >= 4 is 10.3 Å². The van der Waals surface area contributed by atoms with Crippen LogP contribution in [-0.4, -0.2) is 70.7 Å². The van der Waals surface area contributed by atoms with Crippen LogP contribution in [-0.2, 0) is 19.9 Å². The second kappa shape index (κ2) is 5.51. The Hall–Kier alpha value is -0.370. The van der Waals surface area contributed by atoms with Gasteiger partial charge in [0.15, 0.2) is 0 Å². The van der Waals surface area contributed by atoms with Crippen LogP contribution in [0, 0.1) is 0 Å². The molecule has 1 saturated heterocycles. The van der Waals surface area contributed by atoms with Gasteiger partial charge in [0.25, 0.3) is 0 Å². The van der Waals surface area contributed by atoms with Crippen molar-refractivity contribution in [2.24, 2.45) is 0 Å². The number of nitrogens with one attached hydrogen (secondary N) is 1. The highest BCUT2D eigenvalue weighted by Crippen LogP contribution is 2.21. The predicted molar refractivity (Wildman–Crippen MR) is 49.5 cm³/mol. The molecule has 11 heteroatoms. The van der Waals surface area contributed by atoms with Crippen molar-refractivity contribution in [3.63, 3.8) is 0 Å². The van der Waals surface area contributed by atoms with E-state index in [0.29, 0.717) is 0 Å². The molecule has 1 fully saturated rings. The summed E-state index contributed by atoms with van der Waals surface area (Å²) in [5.74, 6) is 0. The molecule has 0 aromatic carbocycles. The SMILES string of the molecule is O=S(=O)(O)NO[C@H]1O[C@H](CO)[C@@H](O)[C@H](O)[C@H]1O. The second-order valence-corrected chi connectivity index (χ2v) is 4.49. The number of hydrogen-bond acceptors (Lipinski definition) is 8. The van der Waals surface area contributed by atoms with Gasteiger partial charge in [-0.3, -0.25) is 9.39 Å². The van der Waals surface area contributed by atoms with E-state index in [2.05, 4.69) is 4.84 Å². The number of hydrogen-bond donors (Lipinski definition) is 6. The lowest BCUT2D eigenvalue weighted by Crippen LogP contribution is -2.60. The molecule has 0 unspecified atom stereocenters. The van der Waals surface area contributed by atoms with Gasteiger partial charge in [0.1, 0.15) is 24.4 Å². The molecule has 0 aromatic heterocycles. The highest BCUT2D eigenvalue weighted by atomic mass is 32.2. The quantitative estimate of drug-likeness (QED) is 0.222. The fraction of sp³-hybridized carbons (Fsp3) is 1.00. The first kappa shape index (κ1) is 14.7. The lowest BCUT2D eigenvalue weighted by Gasteiger charge is -2.38. The Kier molecular flexibility index (Phi) is 4.77. The van der Waals surface area contributed by atoms with Crippen molar-refractivity contribution in [3.8, 4) is 0 Å². The minimum absolute atomic E-state index is 0.684. The zero-order valence-electron chi connectivity index (χ0n) is 8.37. The summed E-state index contributed by atoms with van der Waals surface area (Å²) < 4.78 is 33.7. The van der Waals surface area contributed by atoms with E-state index in [1.807, 2.05) is 0 Å². The molecule has 102 valence electrons. The molecule has 0 radical (unpaired) electrons. The number of aliphatic hydroxyl groups excluding tert-OH is 4. The van der Waals surface area contributed by atoms with E-state index in [1.54, 1.807) is 0 Å². The Bertz CT molecular complexity index is 343. The average molecular weight is 275 g/mol. The molecule has 0 saturated carbocycles. The average Bonchev–Trinajstić information content (AvgIpc) is 2.24. The maximum absolute atomic E-state index is 10.3. The third-order valence-corrected chi connectivity index (χ3v) is 2.42. The van der Waals surface area contributed by atoms with Crippen LogP contribution < -0.4 is 4.89 Å². The Morgan fingerprint density at radius 3 is 2.24 bits per heavy atom. The molecule has 0 aromatic rings. The van der Waals surface area contributed by atoms with E-state index >= 15 is 0 Å². The van der Waals surface area contributed by atoms with Gasteiger partial charge < -0.3 is 25.2 Å². The van der Waals surface area contributed by atoms with Crippen molar-refractivity contribution in [1.82, 2.24) is 4.89 Å². The van der Waals surface area contributed by atoms with Gasteiger partial charge >= 0.3 is 10.3 Å². The normalized spacial score (nSPS) is 39.2. The number of ether oxygens (including phenoxy) is 1. The molecule has 17 heavy (non-hydrogen) atoms. The summed E-state index contributed by atoms with van der Waals surface area (Å²) in [6.45, 7) is -0.684. The van der Waals surface area contributed by atoms with Gasteiger partial charge in [0, 0.05) is 0 Å². The summed E-state index contributed by atoms with van der Waals surface area (Å²) in [7, 11) is -4.67. The van der Waals surface area contributed by atoms with Crippen molar-refractivity contribution in [2.45, 2.75) is 30.7 Å². The van der Waals surface area contributed by atoms with Crippen LogP contribution in [0.4, 0.5) is 0 Å². The first-order valence-corrected chi connectivity index (χ1v) is 5.90. The minimum atomic E-state index is -4.67. The van der Waals surface area contributed by atoms with E-state index in [9.17, 15) is 23.7 Å². The molecule has 6 N–H and O–H groups in total. The van der Waals surface area contributed by atoms with Crippen molar-refractivity contribution in [2.75, 3.05) is 6.61 Å². The molecular weight excluding hydrogens is 262 g/mol. The molecule has 0 bridgehead atoms. The maximum Gasteiger partial charge on any atom is 0.355 e. The van der Waals surface area contributed by atoms with E-state index in [4.69, 9.17) is 14.4 Å². The highest BCUT2D eigenvalue weighted by molar-refractivity contribution is 7.83. The molecule has 0 spiro atoms. The van der Waals surface area contributed by atoms with Gasteiger partial charge in [-0.25, -0.2) is 0 Å². The monoisotopic (exact) mass is 275 g/mol. The van der Waals surface area contributed by atoms with Crippen LogP contribution in [0.1, 0.15) is 0 Å². The van der Waals surface area contributed by atoms with E-state index in [1.165, 1.54) is 4.89 Å². The molecule has 1 aliphatic heterocycles. The fourth-order valence-electron chi connectivity index (χ4n) is 1.27. The highest BCUT2D eigenvalue weighted by Gasteiger charge is 2.44. The maximum atomic E-state index is 10.3. The van der Waals surface area contributed by atoms with Crippen molar-refractivity contribution in [1.29, 1.82) is 0 Å². The summed E-state index contributed by atoms with van der Waals surface area (Å²) in [6, 6.07) is 0. The topological polar surface area (TPSA) is 166 Å². The van der Waals surface area contributed by atoms with Gasteiger partial charge in [0.2, 0.25) is 6.29 Å². The third kappa shape index (κ3) is 3.80. The van der Waals surface area contributed by atoms with E-state index < -0.39 is 47.6 Å². The Morgan fingerprint density at radius 1 is 1.18 bits per heavy atom. The third-order valence-electron chi connectivity index (χ3n) is 2.12. The van der Waals surface area contributed by atoms with Crippen LogP contribution in [0.15, 0.2) is 0 Å². The largest absolute Gasteiger partial charge is 0.394 e. The summed E-state index contributed by atoms with van der Waals surface area (Å²) in [6.07, 6.45) is -7.97. The predicted octanol–water partition coefficient (Wildman–Crippen LogP) is -3.89. The summed E-state index contributed by atoms with van der Waals surface area (Å²) in [5, 5.41) is 36.8. The zero-order chi connectivity index (χ0) is 13.2. The van der Waals surface area contributed by atoms with Crippen LogP contribution in [0.5, 0.6) is 0 Å². The van der Waals surface area contributed by atoms with E-state index in [-0.39, 0.29) is 0 Å².